The second-order valence-corrected chi connectivity index (χ2v) is 3.47. The Morgan fingerprint density at radius 1 is 1.36 bits per heavy atom. The van der Waals surface area contributed by atoms with E-state index in [1.54, 1.807) is 0 Å². The fourth-order valence-electron chi connectivity index (χ4n) is 0.417. The minimum absolute atomic E-state index is 0.149. The van der Waals surface area contributed by atoms with Gasteiger partial charge in [-0.05, 0) is 14.1 Å². The average molecular weight is 229 g/mol. The van der Waals surface area contributed by atoms with Crippen molar-refractivity contribution in [3.63, 3.8) is 0 Å². The molecular weight excluding hydrogens is 214 g/mol. The van der Waals surface area contributed by atoms with Gasteiger partial charge in [-0.1, -0.05) is 0 Å². The monoisotopic (exact) mass is 229 g/mol. The van der Waals surface area contributed by atoms with Gasteiger partial charge in [-0.25, -0.2) is 0 Å². The summed E-state index contributed by atoms with van der Waals surface area (Å²) in [5.41, 5.74) is 0. The molecule has 0 aromatic carbocycles. The molecule has 0 rings (SSSR count). The van der Waals surface area contributed by atoms with Crippen LogP contribution in [0.4, 0.5) is 0 Å². The van der Waals surface area contributed by atoms with E-state index in [2.05, 4.69) is 4.74 Å². The lowest BCUT2D eigenvalue weighted by Gasteiger charge is -2.06. The molecule has 0 aliphatic heterocycles. The van der Waals surface area contributed by atoms with Crippen molar-refractivity contribution in [1.82, 2.24) is 4.90 Å². The van der Waals surface area contributed by atoms with Gasteiger partial charge in [-0.2, -0.15) is 8.42 Å². The predicted octanol–water partition coefficient (Wildman–Crippen LogP) is -0.542. The van der Waals surface area contributed by atoms with Gasteiger partial charge in [0.15, 0.2) is 0 Å². The smallest absolute Gasteiger partial charge is 0.394 e. The zero-order valence-corrected chi connectivity index (χ0v) is 9.11. The van der Waals surface area contributed by atoms with Crippen molar-refractivity contribution < 1.29 is 27.1 Å². The summed E-state index contributed by atoms with van der Waals surface area (Å²) in [7, 11) is 0.573. The van der Waals surface area contributed by atoms with E-state index >= 15 is 0 Å². The van der Waals surface area contributed by atoms with E-state index < -0.39 is 10.4 Å². The average Bonchev–Trinajstić information content (AvgIpc) is 1.96. The van der Waals surface area contributed by atoms with E-state index in [0.717, 1.165) is 6.54 Å². The van der Waals surface area contributed by atoms with E-state index in [0.29, 0.717) is 6.42 Å². The molecule has 0 saturated carbocycles. The van der Waals surface area contributed by atoms with Crippen molar-refractivity contribution in [2.24, 2.45) is 0 Å². The lowest BCUT2D eigenvalue weighted by atomic mass is 10.4. The zero-order chi connectivity index (χ0) is 11.8. The fraction of sp³-hybridized carbons (Fsp3) is 0.833. The first-order valence-corrected chi connectivity index (χ1v) is 4.98. The summed E-state index contributed by atoms with van der Waals surface area (Å²) in [6, 6.07) is 0. The minimum Gasteiger partial charge on any atom is -0.469 e. The maximum atomic E-state index is 10.5. The van der Waals surface area contributed by atoms with Gasteiger partial charge in [0, 0.05) is 6.54 Å². The number of nitrogens with zero attached hydrogens (tertiary/aromatic N) is 1. The van der Waals surface area contributed by atoms with Gasteiger partial charge >= 0.3 is 16.4 Å². The molecule has 0 atom stereocenters. The van der Waals surface area contributed by atoms with Crippen LogP contribution in [-0.4, -0.2) is 56.1 Å². The summed E-state index contributed by atoms with van der Waals surface area (Å²) >= 11 is 0. The van der Waals surface area contributed by atoms with Gasteiger partial charge in [0.2, 0.25) is 0 Å². The van der Waals surface area contributed by atoms with Crippen LogP contribution >= 0.6 is 0 Å². The second kappa shape index (κ2) is 7.68. The number of esters is 1. The highest BCUT2D eigenvalue weighted by Gasteiger charge is 1.98. The first-order valence-electron chi connectivity index (χ1n) is 3.58. The van der Waals surface area contributed by atoms with Crippen molar-refractivity contribution in [2.45, 2.75) is 6.42 Å². The highest BCUT2D eigenvalue weighted by atomic mass is 32.3. The van der Waals surface area contributed by atoms with Crippen LogP contribution in [0, 0.1) is 0 Å². The van der Waals surface area contributed by atoms with Gasteiger partial charge in [0.25, 0.3) is 0 Å². The molecule has 8 heteroatoms. The van der Waals surface area contributed by atoms with Gasteiger partial charge in [0.1, 0.15) is 0 Å². The Bertz CT molecular complexity index is 239. The summed E-state index contributed by atoms with van der Waals surface area (Å²) < 4.78 is 36.0. The van der Waals surface area contributed by atoms with Crippen molar-refractivity contribution in [2.75, 3.05) is 27.7 Å². The lowest BCUT2D eigenvalue weighted by Crippen LogP contribution is -2.17. The molecule has 0 fully saturated rings. The molecule has 86 valence electrons. The number of ether oxygens (including phenoxy) is 1. The molecule has 14 heavy (non-hydrogen) atoms. The summed E-state index contributed by atoms with van der Waals surface area (Å²) in [6.45, 7) is 0.757. The molecule has 0 bridgehead atoms. The second-order valence-electron chi connectivity index (χ2n) is 2.58. The number of carbonyl (C=O) groups excluding carboxylic acids is 1. The quantitative estimate of drug-likeness (QED) is 0.494. The van der Waals surface area contributed by atoms with Crippen molar-refractivity contribution >= 4 is 16.4 Å². The van der Waals surface area contributed by atoms with Crippen LogP contribution in [0.2, 0.25) is 0 Å². The maximum absolute atomic E-state index is 10.5. The third-order valence-corrected chi connectivity index (χ3v) is 0.991. The van der Waals surface area contributed by atoms with Crippen LogP contribution in [0.3, 0.4) is 0 Å². The summed E-state index contributed by atoms with van der Waals surface area (Å²) in [5.74, 6) is -0.149. The number of hydrogen-bond donors (Lipinski definition) is 2. The Morgan fingerprint density at radius 2 is 1.71 bits per heavy atom. The molecule has 0 aromatic rings. The van der Waals surface area contributed by atoms with Crippen LogP contribution in [0.5, 0.6) is 0 Å². The van der Waals surface area contributed by atoms with E-state index in [4.69, 9.17) is 17.5 Å². The highest BCUT2D eigenvalue weighted by Crippen LogP contribution is 1.84. The van der Waals surface area contributed by atoms with Crippen molar-refractivity contribution in [3.8, 4) is 0 Å². The summed E-state index contributed by atoms with van der Waals surface area (Å²) in [4.78, 5) is 12.4. The number of rotatable bonds is 3. The van der Waals surface area contributed by atoms with Crippen LogP contribution < -0.4 is 0 Å². The van der Waals surface area contributed by atoms with E-state index in [1.165, 1.54) is 7.11 Å². The van der Waals surface area contributed by atoms with E-state index in [-0.39, 0.29) is 5.97 Å². The van der Waals surface area contributed by atoms with Gasteiger partial charge in [-0.15, -0.1) is 0 Å². The molecule has 0 heterocycles. The summed E-state index contributed by atoms with van der Waals surface area (Å²) in [5, 5.41) is 0. The Hall–Kier alpha value is -0.700. The van der Waals surface area contributed by atoms with Gasteiger partial charge < -0.3 is 9.64 Å². The molecule has 0 amide bonds. The van der Waals surface area contributed by atoms with Gasteiger partial charge in [-0.3, -0.25) is 13.9 Å². The zero-order valence-electron chi connectivity index (χ0n) is 8.30. The lowest BCUT2D eigenvalue weighted by molar-refractivity contribution is -0.140. The molecule has 0 spiro atoms. The number of methoxy groups -OCH3 is 1. The van der Waals surface area contributed by atoms with Crippen LogP contribution in [-0.2, 0) is 19.9 Å². The Balaban J connectivity index is 0. The Kier molecular flexibility index (Phi) is 8.65. The number of hydrogen-bond acceptors (Lipinski definition) is 5. The molecule has 0 radical (unpaired) electrons. The van der Waals surface area contributed by atoms with Crippen molar-refractivity contribution in [3.05, 3.63) is 0 Å². The van der Waals surface area contributed by atoms with E-state index in [1.807, 2.05) is 19.0 Å². The molecule has 0 aromatic heterocycles. The molecule has 0 aliphatic carbocycles. The SMILES string of the molecule is COC(=O)CCN(C)C.O=S(=O)(O)O. The van der Waals surface area contributed by atoms with Gasteiger partial charge in [0.05, 0.1) is 13.5 Å². The van der Waals surface area contributed by atoms with Crippen molar-refractivity contribution in [1.29, 1.82) is 0 Å². The summed E-state index contributed by atoms with van der Waals surface area (Å²) in [6.07, 6.45) is 0.476. The van der Waals surface area contributed by atoms with E-state index in [9.17, 15) is 4.79 Å². The highest BCUT2D eigenvalue weighted by molar-refractivity contribution is 7.79. The molecule has 0 aliphatic rings. The molecule has 0 unspecified atom stereocenters. The fourth-order valence-corrected chi connectivity index (χ4v) is 0.417. The molecular formula is C6H15NO6S. The normalized spacial score (nSPS) is 10.4. The Labute approximate surface area is 83.2 Å². The Morgan fingerprint density at radius 3 is 1.93 bits per heavy atom. The first-order chi connectivity index (χ1) is 6.16. The van der Waals surface area contributed by atoms with Crippen LogP contribution in [0.15, 0.2) is 0 Å². The number of carbonyl (C=O) groups is 1. The topological polar surface area (TPSA) is 104 Å². The third kappa shape index (κ3) is 30.2. The van der Waals surface area contributed by atoms with Crippen LogP contribution in [0.25, 0.3) is 0 Å². The standard InChI is InChI=1S/C6H13NO2.H2O4S/c1-7(2)5-4-6(8)9-3;1-5(2,3)4/h4-5H2,1-3H3;(H2,1,2,3,4). The van der Waals surface area contributed by atoms with Crippen LogP contribution in [0.1, 0.15) is 6.42 Å². The molecule has 7 nitrogen and oxygen atoms in total. The predicted molar refractivity (Wildman–Crippen MR) is 49.4 cm³/mol. The maximum Gasteiger partial charge on any atom is 0.394 e. The molecule has 0 saturated heterocycles. The molecule has 2 N–H and O–H groups in total. The largest absolute Gasteiger partial charge is 0.469 e. The third-order valence-electron chi connectivity index (χ3n) is 0.991. The minimum atomic E-state index is -4.67. The first kappa shape index (κ1) is 15.8.